The number of aliphatic carboxylic acids is 1. The van der Waals surface area contributed by atoms with E-state index in [4.69, 9.17) is 27.9 Å². The standard InChI is InChI=1S/C27H32Cl2F3N3O4/c1-16-8-19(28)22(20(29)9-16)21(36)12-34(13-25(2)14-39-15-25)11-17-10-33-35(23(17)27(30,31)32)18-4-6-26(3,7-5-18)24(37)38/h8-10,18H,4-7,11-15H2,1-3H3,(H,37,38). The maximum atomic E-state index is 14.4. The summed E-state index contributed by atoms with van der Waals surface area (Å²) in [6.07, 6.45) is -2.42. The Morgan fingerprint density at radius 3 is 2.26 bits per heavy atom. The summed E-state index contributed by atoms with van der Waals surface area (Å²) < 4.78 is 49.6. The second kappa shape index (κ2) is 11.0. The number of carbonyl (C=O) groups excluding carboxylic acids is 1. The number of nitrogens with zero attached hydrogens (tertiary/aromatic N) is 3. The lowest BCUT2D eigenvalue weighted by Crippen LogP contribution is -2.49. The summed E-state index contributed by atoms with van der Waals surface area (Å²) in [7, 11) is 0. The zero-order chi connectivity index (χ0) is 28.8. The van der Waals surface area contributed by atoms with E-state index in [1.165, 1.54) is 6.20 Å². The molecule has 2 aliphatic rings. The molecule has 214 valence electrons. The molecule has 4 rings (SSSR count). The van der Waals surface area contributed by atoms with Gasteiger partial charge < -0.3 is 9.84 Å². The average molecular weight is 590 g/mol. The van der Waals surface area contributed by atoms with Gasteiger partial charge in [-0.15, -0.1) is 0 Å². The minimum atomic E-state index is -4.69. The van der Waals surface area contributed by atoms with Crippen LogP contribution in [0.15, 0.2) is 18.3 Å². The van der Waals surface area contributed by atoms with E-state index >= 15 is 0 Å². The summed E-state index contributed by atoms with van der Waals surface area (Å²) in [6, 6.07) is 2.68. The molecule has 0 spiro atoms. The van der Waals surface area contributed by atoms with Crippen LogP contribution in [-0.4, -0.2) is 57.8 Å². The van der Waals surface area contributed by atoms with Crippen LogP contribution in [-0.2, 0) is 22.3 Å². The first-order valence-corrected chi connectivity index (χ1v) is 13.5. The Morgan fingerprint density at radius 1 is 1.18 bits per heavy atom. The molecule has 1 aliphatic carbocycles. The summed E-state index contributed by atoms with van der Waals surface area (Å²) >= 11 is 12.6. The predicted molar refractivity (Wildman–Crippen MR) is 140 cm³/mol. The van der Waals surface area contributed by atoms with Gasteiger partial charge in [-0.05, 0) is 57.2 Å². The van der Waals surface area contributed by atoms with Gasteiger partial charge in [-0.2, -0.15) is 18.3 Å². The molecule has 2 heterocycles. The highest BCUT2D eigenvalue weighted by molar-refractivity contribution is 6.40. The van der Waals surface area contributed by atoms with Crippen LogP contribution in [0.4, 0.5) is 13.2 Å². The number of aryl methyl sites for hydroxylation is 1. The first kappa shape index (κ1) is 29.8. The third kappa shape index (κ3) is 6.45. The van der Waals surface area contributed by atoms with Gasteiger partial charge in [-0.3, -0.25) is 19.2 Å². The van der Waals surface area contributed by atoms with E-state index in [0.717, 1.165) is 10.2 Å². The van der Waals surface area contributed by atoms with Crippen LogP contribution in [0.25, 0.3) is 0 Å². The van der Waals surface area contributed by atoms with Crippen molar-refractivity contribution in [2.45, 2.75) is 65.2 Å². The van der Waals surface area contributed by atoms with Crippen LogP contribution < -0.4 is 0 Å². The maximum absolute atomic E-state index is 14.4. The van der Waals surface area contributed by atoms with Crippen LogP contribution in [0.3, 0.4) is 0 Å². The number of halogens is 5. The quantitative estimate of drug-likeness (QED) is 0.339. The number of benzene rings is 1. The third-order valence-electron chi connectivity index (χ3n) is 7.79. The van der Waals surface area contributed by atoms with Crippen molar-refractivity contribution in [3.05, 3.63) is 50.8 Å². The van der Waals surface area contributed by atoms with Gasteiger partial charge in [0.1, 0.15) is 5.69 Å². The zero-order valence-corrected chi connectivity index (χ0v) is 23.6. The van der Waals surface area contributed by atoms with Gasteiger partial charge in [0, 0.05) is 24.1 Å². The molecule has 0 unspecified atom stereocenters. The molecule has 0 bridgehead atoms. The summed E-state index contributed by atoms with van der Waals surface area (Å²) in [5, 5.41) is 14.0. The highest BCUT2D eigenvalue weighted by Gasteiger charge is 2.44. The molecule has 0 radical (unpaired) electrons. The van der Waals surface area contributed by atoms with E-state index < -0.39 is 35.1 Å². The Morgan fingerprint density at radius 2 is 1.77 bits per heavy atom. The number of carbonyl (C=O) groups is 2. The molecule has 2 fully saturated rings. The van der Waals surface area contributed by atoms with Crippen molar-refractivity contribution in [3.8, 4) is 0 Å². The van der Waals surface area contributed by atoms with Gasteiger partial charge in [-0.25, -0.2) is 0 Å². The van der Waals surface area contributed by atoms with Crippen LogP contribution in [0, 0.1) is 17.8 Å². The SMILES string of the molecule is Cc1cc(Cl)c(C(=O)CN(Cc2cnn(C3CCC(C)(C(=O)O)CC3)c2C(F)(F)F)CC2(C)COC2)c(Cl)c1. The van der Waals surface area contributed by atoms with Crippen molar-refractivity contribution < 1.29 is 32.6 Å². The molecule has 1 aliphatic heterocycles. The zero-order valence-electron chi connectivity index (χ0n) is 22.1. The molecule has 0 amide bonds. The van der Waals surface area contributed by atoms with E-state index in [1.807, 2.05) is 6.92 Å². The normalized spacial score (nSPS) is 23.1. The van der Waals surface area contributed by atoms with Gasteiger partial charge in [0.25, 0.3) is 0 Å². The summed E-state index contributed by atoms with van der Waals surface area (Å²) in [4.78, 5) is 26.6. The molecule has 2 aromatic rings. The van der Waals surface area contributed by atoms with E-state index in [-0.39, 0.29) is 65.4 Å². The smallest absolute Gasteiger partial charge is 0.433 e. The summed E-state index contributed by atoms with van der Waals surface area (Å²) in [6.45, 7) is 6.19. The number of hydrogen-bond acceptors (Lipinski definition) is 5. The molecule has 39 heavy (non-hydrogen) atoms. The Labute approximate surface area is 235 Å². The Hall–Kier alpha value is -2.14. The Bertz CT molecular complexity index is 1230. The van der Waals surface area contributed by atoms with Crippen molar-refractivity contribution in [1.29, 1.82) is 0 Å². The monoisotopic (exact) mass is 589 g/mol. The predicted octanol–water partition coefficient (Wildman–Crippen LogP) is 6.44. The van der Waals surface area contributed by atoms with E-state index in [2.05, 4.69) is 5.10 Å². The lowest BCUT2D eigenvalue weighted by Gasteiger charge is -2.41. The average Bonchev–Trinajstić information content (AvgIpc) is 3.21. The second-order valence-corrected chi connectivity index (χ2v) is 12.3. The van der Waals surface area contributed by atoms with Crippen molar-refractivity contribution >= 4 is 35.0 Å². The summed E-state index contributed by atoms with van der Waals surface area (Å²) in [5.41, 5.74) is -1.27. The van der Waals surface area contributed by atoms with Gasteiger partial charge >= 0.3 is 12.1 Å². The molecule has 1 aromatic heterocycles. The van der Waals surface area contributed by atoms with E-state index in [1.54, 1.807) is 30.9 Å². The fraction of sp³-hybridized carbons (Fsp3) is 0.593. The number of aromatic nitrogens is 2. The number of carboxylic acids is 1. The molecule has 0 atom stereocenters. The minimum Gasteiger partial charge on any atom is -0.481 e. The lowest BCUT2D eigenvalue weighted by atomic mass is 9.74. The molecule has 1 saturated carbocycles. The highest BCUT2D eigenvalue weighted by atomic mass is 35.5. The second-order valence-electron chi connectivity index (χ2n) is 11.5. The number of Topliss-reactive ketones (excluding diaryl/α,β-unsaturated/α-hetero) is 1. The molecular weight excluding hydrogens is 558 g/mol. The maximum Gasteiger partial charge on any atom is 0.433 e. The van der Waals surface area contributed by atoms with Gasteiger partial charge in [0.05, 0.1) is 53.0 Å². The third-order valence-corrected chi connectivity index (χ3v) is 8.39. The van der Waals surface area contributed by atoms with Crippen LogP contribution in [0.2, 0.25) is 10.0 Å². The van der Waals surface area contributed by atoms with Crippen molar-refractivity contribution in [2.75, 3.05) is 26.3 Å². The fourth-order valence-corrected chi connectivity index (χ4v) is 6.35. The molecule has 1 aromatic carbocycles. The van der Waals surface area contributed by atoms with Crippen LogP contribution in [0.1, 0.15) is 72.8 Å². The van der Waals surface area contributed by atoms with Gasteiger partial charge in [-0.1, -0.05) is 30.1 Å². The fourth-order valence-electron chi connectivity index (χ4n) is 5.54. The number of ether oxygens (including phenoxy) is 1. The van der Waals surface area contributed by atoms with Gasteiger partial charge in [0.15, 0.2) is 5.78 Å². The first-order chi connectivity index (χ1) is 18.1. The van der Waals surface area contributed by atoms with Crippen molar-refractivity contribution in [3.63, 3.8) is 0 Å². The van der Waals surface area contributed by atoms with Gasteiger partial charge in [0.2, 0.25) is 0 Å². The number of carboxylic acid groups (broad SMARTS) is 1. The number of rotatable bonds is 9. The Balaban J connectivity index is 1.62. The first-order valence-electron chi connectivity index (χ1n) is 12.8. The largest absolute Gasteiger partial charge is 0.481 e. The van der Waals surface area contributed by atoms with E-state index in [9.17, 15) is 27.9 Å². The number of alkyl halides is 3. The molecule has 7 nitrogen and oxygen atoms in total. The molecule has 1 N–H and O–H groups in total. The number of ketones is 1. The summed E-state index contributed by atoms with van der Waals surface area (Å²) in [5.74, 6) is -1.34. The Kier molecular flexibility index (Phi) is 8.44. The molecular formula is C27H32Cl2F3N3O4. The molecule has 1 saturated heterocycles. The topological polar surface area (TPSA) is 84.7 Å². The highest BCUT2D eigenvalue weighted by Crippen LogP contribution is 2.43. The van der Waals surface area contributed by atoms with Crippen molar-refractivity contribution in [1.82, 2.24) is 14.7 Å². The minimum absolute atomic E-state index is 0.0492. The van der Waals surface area contributed by atoms with Crippen LogP contribution in [0.5, 0.6) is 0 Å². The lowest BCUT2D eigenvalue weighted by molar-refractivity contribution is -0.152. The van der Waals surface area contributed by atoms with Crippen LogP contribution >= 0.6 is 23.2 Å². The number of hydrogen-bond donors (Lipinski definition) is 1. The molecule has 12 heteroatoms. The van der Waals surface area contributed by atoms with E-state index in [0.29, 0.717) is 19.8 Å². The van der Waals surface area contributed by atoms with Crippen molar-refractivity contribution in [2.24, 2.45) is 10.8 Å².